The van der Waals surface area contributed by atoms with E-state index >= 15 is 0 Å². The van der Waals surface area contributed by atoms with Gasteiger partial charge in [0.1, 0.15) is 0 Å². The lowest BCUT2D eigenvalue weighted by atomic mass is 9.82. The number of esters is 1. The molecule has 0 aliphatic rings. The molecule has 0 saturated heterocycles. The number of ether oxygens (including phenoxy) is 1. The molecule has 0 heterocycles. The third-order valence-electron chi connectivity index (χ3n) is 5.01. The summed E-state index contributed by atoms with van der Waals surface area (Å²) in [6.45, 7) is 12.1. The third kappa shape index (κ3) is 14.1. The Labute approximate surface area is 156 Å². The number of unbranched alkanes of at least 4 members (excludes halogenated alkanes) is 9. The topological polar surface area (TPSA) is 52.3 Å². The first-order valence-electron chi connectivity index (χ1n) is 10.4. The van der Waals surface area contributed by atoms with E-state index in [2.05, 4.69) is 27.4 Å². The van der Waals surface area contributed by atoms with Crippen molar-refractivity contribution in [2.45, 2.75) is 110 Å². The summed E-state index contributed by atoms with van der Waals surface area (Å²) >= 11 is 0. The predicted octanol–water partition coefficient (Wildman–Crippen LogP) is 6.16. The van der Waals surface area contributed by atoms with Crippen LogP contribution in [0.3, 0.4) is 0 Å². The summed E-state index contributed by atoms with van der Waals surface area (Å²) in [6.07, 6.45) is 15.4. The second-order valence-corrected chi connectivity index (χ2v) is 8.19. The predicted molar refractivity (Wildman–Crippen MR) is 109 cm³/mol. The summed E-state index contributed by atoms with van der Waals surface area (Å²) in [6, 6.07) is 0. The number of hydrogen-bond acceptors (Lipinski definition) is 3. The van der Waals surface area contributed by atoms with Crippen LogP contribution >= 0.6 is 0 Å². The Morgan fingerprint density at radius 2 is 1.44 bits per heavy atom. The lowest BCUT2D eigenvalue weighted by Crippen LogP contribution is -2.41. The van der Waals surface area contributed by atoms with E-state index in [1.54, 1.807) is 6.92 Å². The lowest BCUT2D eigenvalue weighted by Gasteiger charge is -2.30. The zero-order chi connectivity index (χ0) is 19.1. The van der Waals surface area contributed by atoms with Crippen LogP contribution in [-0.4, -0.2) is 18.1 Å². The second kappa shape index (κ2) is 14.4. The van der Waals surface area contributed by atoms with E-state index < -0.39 is 0 Å². The molecule has 25 heavy (non-hydrogen) atoms. The number of nitrogens with two attached hydrogens (primary N) is 1. The SMILES string of the molecule is C=C(C)C(=O)OCCC(CCCCCCCCCCCC)C(C)(C)N. The van der Waals surface area contributed by atoms with E-state index in [9.17, 15) is 4.79 Å². The Kier molecular flexibility index (Phi) is 13.9. The Balaban J connectivity index is 3.80. The number of hydrogen-bond donors (Lipinski definition) is 1. The van der Waals surface area contributed by atoms with Crippen molar-refractivity contribution in [1.82, 2.24) is 0 Å². The number of carbonyl (C=O) groups excluding carboxylic acids is 1. The average molecular weight is 354 g/mol. The van der Waals surface area contributed by atoms with Gasteiger partial charge in [-0.2, -0.15) is 0 Å². The summed E-state index contributed by atoms with van der Waals surface area (Å²) in [5, 5.41) is 0. The van der Waals surface area contributed by atoms with Gasteiger partial charge in [-0.1, -0.05) is 77.7 Å². The van der Waals surface area contributed by atoms with Crippen molar-refractivity contribution in [2.75, 3.05) is 6.61 Å². The van der Waals surface area contributed by atoms with Gasteiger partial charge in [-0.25, -0.2) is 4.79 Å². The maximum atomic E-state index is 11.5. The highest BCUT2D eigenvalue weighted by Gasteiger charge is 2.24. The van der Waals surface area contributed by atoms with Gasteiger partial charge in [0, 0.05) is 11.1 Å². The van der Waals surface area contributed by atoms with Crippen molar-refractivity contribution in [1.29, 1.82) is 0 Å². The number of carbonyl (C=O) groups is 1. The van der Waals surface area contributed by atoms with Crippen molar-refractivity contribution in [3.05, 3.63) is 12.2 Å². The first kappa shape index (κ1) is 24.2. The summed E-state index contributed by atoms with van der Waals surface area (Å²) in [4.78, 5) is 11.5. The van der Waals surface area contributed by atoms with Crippen LogP contribution in [0.4, 0.5) is 0 Å². The van der Waals surface area contributed by atoms with Gasteiger partial charge in [0.05, 0.1) is 6.61 Å². The normalized spacial score (nSPS) is 12.8. The van der Waals surface area contributed by atoms with E-state index in [-0.39, 0.29) is 11.5 Å². The fourth-order valence-electron chi connectivity index (χ4n) is 3.18. The van der Waals surface area contributed by atoms with Gasteiger partial charge in [-0.15, -0.1) is 0 Å². The average Bonchev–Trinajstić information content (AvgIpc) is 2.53. The largest absolute Gasteiger partial charge is 0.462 e. The highest BCUT2D eigenvalue weighted by atomic mass is 16.5. The minimum absolute atomic E-state index is 0.227. The standard InChI is InChI=1S/C22H43NO2/c1-6-7-8-9-10-11-12-13-14-15-16-20(22(4,5)23)17-18-25-21(24)19(2)3/h20H,2,6-18,23H2,1,3-5H3. The van der Waals surface area contributed by atoms with E-state index in [1.165, 1.54) is 64.2 Å². The molecular weight excluding hydrogens is 310 g/mol. The monoisotopic (exact) mass is 353 g/mol. The van der Waals surface area contributed by atoms with Gasteiger partial charge in [-0.05, 0) is 39.5 Å². The highest BCUT2D eigenvalue weighted by molar-refractivity contribution is 5.86. The van der Waals surface area contributed by atoms with Crippen molar-refractivity contribution in [3.63, 3.8) is 0 Å². The molecule has 0 aromatic heterocycles. The first-order chi connectivity index (χ1) is 11.8. The summed E-state index contributed by atoms with van der Waals surface area (Å²) < 4.78 is 5.23. The van der Waals surface area contributed by atoms with Gasteiger partial charge in [0.15, 0.2) is 0 Å². The molecule has 0 aliphatic carbocycles. The molecule has 0 amide bonds. The van der Waals surface area contributed by atoms with Crippen LogP contribution in [0, 0.1) is 5.92 Å². The zero-order valence-electron chi connectivity index (χ0n) is 17.4. The fraction of sp³-hybridized carbons (Fsp3) is 0.864. The van der Waals surface area contributed by atoms with Crippen LogP contribution in [0.5, 0.6) is 0 Å². The van der Waals surface area contributed by atoms with Crippen LogP contribution in [0.25, 0.3) is 0 Å². The molecule has 0 saturated carbocycles. The minimum Gasteiger partial charge on any atom is -0.462 e. The highest BCUT2D eigenvalue weighted by Crippen LogP contribution is 2.25. The Hall–Kier alpha value is -0.830. The molecular formula is C22H43NO2. The first-order valence-corrected chi connectivity index (χ1v) is 10.4. The van der Waals surface area contributed by atoms with Gasteiger partial charge < -0.3 is 10.5 Å². The molecule has 3 heteroatoms. The molecule has 0 aromatic rings. The molecule has 0 fully saturated rings. The molecule has 0 aromatic carbocycles. The van der Waals surface area contributed by atoms with Crippen LogP contribution < -0.4 is 5.73 Å². The lowest BCUT2D eigenvalue weighted by molar-refractivity contribution is -0.139. The molecule has 3 nitrogen and oxygen atoms in total. The minimum atomic E-state index is -0.299. The Bertz CT molecular complexity index is 358. The van der Waals surface area contributed by atoms with Crippen molar-refractivity contribution < 1.29 is 9.53 Å². The van der Waals surface area contributed by atoms with Crippen LogP contribution in [0.2, 0.25) is 0 Å². The van der Waals surface area contributed by atoms with E-state index in [1.807, 2.05) is 0 Å². The van der Waals surface area contributed by atoms with Gasteiger partial charge in [0.25, 0.3) is 0 Å². The second-order valence-electron chi connectivity index (χ2n) is 8.19. The molecule has 2 N–H and O–H groups in total. The fourth-order valence-corrected chi connectivity index (χ4v) is 3.18. The third-order valence-corrected chi connectivity index (χ3v) is 5.01. The Morgan fingerprint density at radius 3 is 1.88 bits per heavy atom. The Morgan fingerprint density at radius 1 is 0.960 bits per heavy atom. The van der Waals surface area contributed by atoms with Crippen LogP contribution in [0.1, 0.15) is 105 Å². The van der Waals surface area contributed by atoms with Gasteiger partial charge in [0.2, 0.25) is 0 Å². The number of rotatable bonds is 16. The van der Waals surface area contributed by atoms with Crippen LogP contribution in [0.15, 0.2) is 12.2 Å². The maximum Gasteiger partial charge on any atom is 0.333 e. The molecule has 1 atom stereocenters. The quantitative estimate of drug-likeness (QED) is 0.205. The van der Waals surface area contributed by atoms with Gasteiger partial charge in [-0.3, -0.25) is 0 Å². The van der Waals surface area contributed by atoms with Crippen molar-refractivity contribution in [3.8, 4) is 0 Å². The van der Waals surface area contributed by atoms with E-state index in [0.29, 0.717) is 18.1 Å². The van der Waals surface area contributed by atoms with Crippen molar-refractivity contribution >= 4 is 5.97 Å². The summed E-state index contributed by atoms with van der Waals surface area (Å²) in [5.41, 5.74) is 6.55. The molecule has 0 spiro atoms. The summed E-state index contributed by atoms with van der Waals surface area (Å²) in [7, 11) is 0. The molecule has 1 unspecified atom stereocenters. The van der Waals surface area contributed by atoms with Crippen molar-refractivity contribution in [2.24, 2.45) is 11.7 Å². The zero-order valence-corrected chi connectivity index (χ0v) is 17.4. The van der Waals surface area contributed by atoms with Crippen LogP contribution in [-0.2, 0) is 9.53 Å². The molecule has 0 radical (unpaired) electrons. The van der Waals surface area contributed by atoms with E-state index in [0.717, 1.165) is 12.8 Å². The molecule has 0 bridgehead atoms. The van der Waals surface area contributed by atoms with E-state index in [4.69, 9.17) is 10.5 Å². The van der Waals surface area contributed by atoms with Gasteiger partial charge >= 0.3 is 5.97 Å². The maximum absolute atomic E-state index is 11.5. The smallest absolute Gasteiger partial charge is 0.333 e. The summed E-state index contributed by atoms with van der Waals surface area (Å²) in [5.74, 6) is 0.0898. The molecule has 0 aliphatic heterocycles. The molecule has 0 rings (SSSR count). The molecule has 148 valence electrons.